The minimum atomic E-state index is -0.831. The average Bonchev–Trinajstić information content (AvgIpc) is 3.69. The van der Waals surface area contributed by atoms with Crippen molar-refractivity contribution >= 4 is 17.7 Å². The number of hydrogen-bond donors (Lipinski definition) is 3. The number of carbonyl (C=O) groups is 3. The predicted octanol–water partition coefficient (Wildman–Crippen LogP) is 5.52. The first-order valence-corrected chi connectivity index (χ1v) is 17.6. The molecule has 10 heteroatoms. The number of amides is 3. The van der Waals surface area contributed by atoms with E-state index in [0.717, 1.165) is 24.9 Å². The summed E-state index contributed by atoms with van der Waals surface area (Å²) in [7, 11) is 1.52. The number of benzene rings is 3. The summed E-state index contributed by atoms with van der Waals surface area (Å²) in [6.07, 6.45) is 6.30. The van der Waals surface area contributed by atoms with Gasteiger partial charge in [0.05, 0.1) is 13.2 Å². The number of halogens is 1. The minimum absolute atomic E-state index is 0.135. The molecular formula is C41H52FN5O4. The molecule has 1 aliphatic rings. The molecule has 0 aliphatic carbocycles. The highest BCUT2D eigenvalue weighted by molar-refractivity contribution is 5.90. The molecule has 0 saturated carbocycles. The Morgan fingerprint density at radius 2 is 1.57 bits per heavy atom. The SMILES string of the molecule is CC.CN(C(=O)CNC(=O)COCC1CCCN1)C(Cc1ccc(F)cc1)C(=O)NCCc1ccncc1.Cc1ccc(-c2ccccc2)cc1. The molecule has 2 atom stereocenters. The number of hydrogen-bond acceptors (Lipinski definition) is 6. The summed E-state index contributed by atoms with van der Waals surface area (Å²) in [6.45, 7) is 7.50. The maximum Gasteiger partial charge on any atom is 0.246 e. The van der Waals surface area contributed by atoms with E-state index >= 15 is 0 Å². The van der Waals surface area contributed by atoms with Gasteiger partial charge in [-0.2, -0.15) is 0 Å². The van der Waals surface area contributed by atoms with E-state index in [0.29, 0.717) is 25.1 Å². The van der Waals surface area contributed by atoms with Gasteiger partial charge in [-0.05, 0) is 79.3 Å². The van der Waals surface area contributed by atoms with Crippen LogP contribution >= 0.6 is 0 Å². The lowest BCUT2D eigenvalue weighted by atomic mass is 10.0. The zero-order valence-electron chi connectivity index (χ0n) is 30.2. The predicted molar refractivity (Wildman–Crippen MR) is 200 cm³/mol. The van der Waals surface area contributed by atoms with Crippen molar-refractivity contribution in [3.63, 3.8) is 0 Å². The van der Waals surface area contributed by atoms with Gasteiger partial charge in [-0.1, -0.05) is 86.1 Å². The molecule has 0 bridgehead atoms. The standard InChI is InChI=1S/C26H34FN5O4.C13H12.C2H6/c1-32(25(34)16-31-24(33)18-36-17-22-3-2-11-29-22)23(15-20-4-6-21(27)7-5-20)26(35)30-14-10-19-8-12-28-13-9-19;1-11-7-9-13(10-8-11)12-5-3-2-4-6-12;1-2/h4-9,12-13,22-23,29H,2-3,10-11,14-18H2,1H3,(H,30,35)(H,31,33);2-10H,1H3;1-2H3. The van der Waals surface area contributed by atoms with Crippen LogP contribution < -0.4 is 16.0 Å². The van der Waals surface area contributed by atoms with Gasteiger partial charge in [0.15, 0.2) is 0 Å². The number of aromatic nitrogens is 1. The van der Waals surface area contributed by atoms with Gasteiger partial charge in [-0.15, -0.1) is 0 Å². The van der Waals surface area contributed by atoms with E-state index in [2.05, 4.69) is 76.4 Å². The lowest BCUT2D eigenvalue weighted by Gasteiger charge is -2.28. The Bertz CT molecular complexity index is 1580. The molecule has 4 aromatic rings. The number of likely N-dealkylation sites (N-methyl/N-ethyl adjacent to an activating group) is 1. The Balaban J connectivity index is 0.000000387. The third-order valence-corrected chi connectivity index (χ3v) is 8.28. The Kier molecular flexibility index (Phi) is 18.0. The van der Waals surface area contributed by atoms with Gasteiger partial charge in [0.2, 0.25) is 17.7 Å². The molecule has 1 aliphatic heterocycles. The Hall–Kier alpha value is -4.93. The molecule has 3 amide bonds. The third kappa shape index (κ3) is 14.8. The van der Waals surface area contributed by atoms with Crippen LogP contribution in [0, 0.1) is 12.7 Å². The summed E-state index contributed by atoms with van der Waals surface area (Å²) in [5, 5.41) is 8.72. The second-order valence-corrected chi connectivity index (χ2v) is 12.1. The molecule has 9 nitrogen and oxygen atoms in total. The van der Waals surface area contributed by atoms with Crippen molar-refractivity contribution in [2.45, 2.75) is 58.5 Å². The number of nitrogens with one attached hydrogen (secondary N) is 3. The van der Waals surface area contributed by atoms with Crippen LogP contribution in [0.25, 0.3) is 11.1 Å². The molecule has 2 unspecified atom stereocenters. The molecule has 1 aromatic heterocycles. The molecule has 2 heterocycles. The highest BCUT2D eigenvalue weighted by Crippen LogP contribution is 2.18. The summed E-state index contributed by atoms with van der Waals surface area (Å²) >= 11 is 0. The molecule has 0 spiro atoms. The molecule has 1 saturated heterocycles. The highest BCUT2D eigenvalue weighted by atomic mass is 19.1. The number of carbonyl (C=O) groups excluding carboxylic acids is 3. The smallest absolute Gasteiger partial charge is 0.246 e. The fourth-order valence-electron chi connectivity index (χ4n) is 5.34. The number of ether oxygens (including phenoxy) is 1. The van der Waals surface area contributed by atoms with Crippen molar-refractivity contribution in [2.75, 3.05) is 39.9 Å². The summed E-state index contributed by atoms with van der Waals surface area (Å²) in [5.74, 6) is -1.53. The largest absolute Gasteiger partial charge is 0.370 e. The fraction of sp³-hybridized carbons (Fsp3) is 0.366. The lowest BCUT2D eigenvalue weighted by molar-refractivity contribution is -0.139. The van der Waals surface area contributed by atoms with Gasteiger partial charge in [-0.25, -0.2) is 4.39 Å². The van der Waals surface area contributed by atoms with E-state index in [4.69, 9.17) is 4.74 Å². The van der Waals surface area contributed by atoms with E-state index in [1.165, 1.54) is 40.8 Å². The van der Waals surface area contributed by atoms with Gasteiger partial charge in [0.25, 0.3) is 0 Å². The quantitative estimate of drug-likeness (QED) is 0.160. The van der Waals surface area contributed by atoms with Crippen molar-refractivity contribution in [1.82, 2.24) is 25.8 Å². The van der Waals surface area contributed by atoms with Gasteiger partial charge in [0, 0.05) is 38.4 Å². The summed E-state index contributed by atoms with van der Waals surface area (Å²) in [5.41, 5.74) is 5.61. The van der Waals surface area contributed by atoms with Gasteiger partial charge in [0.1, 0.15) is 18.5 Å². The Morgan fingerprint density at radius 1 is 0.902 bits per heavy atom. The molecule has 5 rings (SSSR count). The van der Waals surface area contributed by atoms with Gasteiger partial charge < -0.3 is 25.6 Å². The van der Waals surface area contributed by atoms with Crippen molar-refractivity contribution in [1.29, 1.82) is 0 Å². The molecule has 3 aromatic carbocycles. The van der Waals surface area contributed by atoms with Crippen LogP contribution in [-0.2, 0) is 32.0 Å². The van der Waals surface area contributed by atoms with Crippen LogP contribution in [-0.4, -0.2) is 79.6 Å². The first-order chi connectivity index (χ1) is 24.8. The maximum absolute atomic E-state index is 13.3. The monoisotopic (exact) mass is 697 g/mol. The van der Waals surface area contributed by atoms with Crippen molar-refractivity contribution in [3.05, 3.63) is 126 Å². The van der Waals surface area contributed by atoms with Crippen molar-refractivity contribution < 1.29 is 23.5 Å². The average molecular weight is 698 g/mol. The van der Waals surface area contributed by atoms with Crippen LogP contribution in [0.4, 0.5) is 4.39 Å². The topological polar surface area (TPSA) is 113 Å². The molecule has 3 N–H and O–H groups in total. The van der Waals surface area contributed by atoms with Crippen molar-refractivity contribution in [2.24, 2.45) is 0 Å². The first kappa shape index (κ1) is 40.5. The van der Waals surface area contributed by atoms with E-state index in [9.17, 15) is 18.8 Å². The zero-order valence-corrected chi connectivity index (χ0v) is 30.2. The molecule has 51 heavy (non-hydrogen) atoms. The minimum Gasteiger partial charge on any atom is -0.370 e. The zero-order chi connectivity index (χ0) is 36.8. The van der Waals surface area contributed by atoms with Crippen LogP contribution in [0.3, 0.4) is 0 Å². The molecule has 1 fully saturated rings. The van der Waals surface area contributed by atoms with E-state index in [1.54, 1.807) is 24.5 Å². The van der Waals surface area contributed by atoms with Crippen LogP contribution in [0.15, 0.2) is 103 Å². The maximum atomic E-state index is 13.3. The number of aryl methyl sites for hydroxylation is 1. The first-order valence-electron chi connectivity index (χ1n) is 17.6. The van der Waals surface area contributed by atoms with Gasteiger partial charge in [-0.3, -0.25) is 19.4 Å². The molecule has 0 radical (unpaired) electrons. The fourth-order valence-corrected chi connectivity index (χ4v) is 5.34. The van der Waals surface area contributed by atoms with Crippen molar-refractivity contribution in [3.8, 4) is 11.1 Å². The number of nitrogens with zero attached hydrogens (tertiary/aromatic N) is 2. The third-order valence-electron chi connectivity index (χ3n) is 8.28. The van der Waals surface area contributed by atoms with E-state index < -0.39 is 17.9 Å². The summed E-state index contributed by atoms with van der Waals surface area (Å²) in [6, 6.07) is 28.0. The molecular weight excluding hydrogens is 645 g/mol. The normalized spacial score (nSPS) is 13.8. The van der Waals surface area contributed by atoms with E-state index in [-0.39, 0.29) is 37.3 Å². The summed E-state index contributed by atoms with van der Waals surface area (Å²) in [4.78, 5) is 43.3. The van der Waals surface area contributed by atoms with Crippen LogP contribution in [0.2, 0.25) is 0 Å². The summed E-state index contributed by atoms with van der Waals surface area (Å²) < 4.78 is 18.8. The Morgan fingerprint density at radius 3 is 2.22 bits per heavy atom. The number of pyridine rings is 1. The van der Waals surface area contributed by atoms with Gasteiger partial charge >= 0.3 is 0 Å². The second kappa shape index (κ2) is 22.7. The second-order valence-electron chi connectivity index (χ2n) is 12.1. The number of rotatable bonds is 14. The molecule has 272 valence electrons. The highest BCUT2D eigenvalue weighted by Gasteiger charge is 2.27. The van der Waals surface area contributed by atoms with Crippen LogP contribution in [0.1, 0.15) is 43.4 Å². The lowest BCUT2D eigenvalue weighted by Crippen LogP contribution is -2.51. The Labute approximate surface area is 302 Å². The van der Waals surface area contributed by atoms with E-state index in [1.807, 2.05) is 32.0 Å². The van der Waals surface area contributed by atoms with Crippen LogP contribution in [0.5, 0.6) is 0 Å².